The van der Waals surface area contributed by atoms with Gasteiger partial charge in [-0.1, -0.05) is 23.2 Å². The molecular weight excluding hydrogens is 223 g/mol. The summed E-state index contributed by atoms with van der Waals surface area (Å²) in [6, 6.07) is 4.72. The minimum atomic E-state index is -4.27. The van der Waals surface area contributed by atoms with Gasteiger partial charge in [-0.25, -0.2) is 0 Å². The van der Waals surface area contributed by atoms with E-state index in [1.54, 1.807) is 0 Å². The highest BCUT2D eigenvalue weighted by Gasteiger charge is 2.14. The smallest absolute Gasteiger partial charge is 0.282 e. The summed E-state index contributed by atoms with van der Waals surface area (Å²) in [5.74, 6) is 0. The van der Waals surface area contributed by atoms with Gasteiger partial charge in [-0.15, -0.1) is 0 Å². The second-order valence-electron chi connectivity index (χ2n) is 1.96. The minimum absolute atomic E-state index is 0.187. The first kappa shape index (κ1) is 9.80. The standard InChI is InChI=1S/C6H3Cl2O3S/c7-4-1-2-6(5(8)3-4)12(9,10)11/h1-2H,(H,9,10,11). The first-order valence-corrected chi connectivity index (χ1v) is 4.95. The molecule has 0 saturated heterocycles. The van der Waals surface area contributed by atoms with Gasteiger partial charge in [0.1, 0.15) is 4.90 Å². The summed E-state index contributed by atoms with van der Waals surface area (Å²) in [5, 5.41) is -0.0302. The molecule has 0 fully saturated rings. The Morgan fingerprint density at radius 2 is 1.92 bits per heavy atom. The Balaban J connectivity index is 3.39. The monoisotopic (exact) mass is 225 g/mol. The molecule has 65 valence electrons. The van der Waals surface area contributed by atoms with Crippen LogP contribution in [0.15, 0.2) is 17.0 Å². The lowest BCUT2D eigenvalue weighted by Gasteiger charge is -1.98. The van der Waals surface area contributed by atoms with E-state index in [2.05, 4.69) is 6.07 Å². The Kier molecular flexibility index (Phi) is 2.63. The predicted octanol–water partition coefficient (Wildman–Crippen LogP) is 2.04. The first-order chi connectivity index (χ1) is 5.41. The van der Waals surface area contributed by atoms with Crippen molar-refractivity contribution in [3.05, 3.63) is 28.2 Å². The molecule has 0 aliphatic heterocycles. The van der Waals surface area contributed by atoms with Crippen LogP contribution in [0, 0.1) is 6.07 Å². The van der Waals surface area contributed by atoms with Crippen LogP contribution in [0.2, 0.25) is 10.0 Å². The van der Waals surface area contributed by atoms with Gasteiger partial charge in [-0.3, -0.25) is 4.55 Å². The van der Waals surface area contributed by atoms with Crippen LogP contribution in [0.3, 0.4) is 0 Å². The van der Waals surface area contributed by atoms with E-state index in [4.69, 9.17) is 27.8 Å². The molecule has 1 N–H and O–H groups in total. The van der Waals surface area contributed by atoms with E-state index >= 15 is 0 Å². The topological polar surface area (TPSA) is 54.4 Å². The summed E-state index contributed by atoms with van der Waals surface area (Å²) >= 11 is 10.9. The normalized spacial score (nSPS) is 11.6. The van der Waals surface area contributed by atoms with E-state index in [9.17, 15) is 8.42 Å². The molecule has 12 heavy (non-hydrogen) atoms. The van der Waals surface area contributed by atoms with Gasteiger partial charge in [-0.2, -0.15) is 8.42 Å². The number of rotatable bonds is 1. The molecule has 0 amide bonds. The van der Waals surface area contributed by atoms with Crippen molar-refractivity contribution in [3.63, 3.8) is 0 Å². The maximum atomic E-state index is 10.6. The van der Waals surface area contributed by atoms with Crippen molar-refractivity contribution < 1.29 is 13.0 Å². The summed E-state index contributed by atoms with van der Waals surface area (Å²) in [7, 11) is -4.27. The summed E-state index contributed by atoms with van der Waals surface area (Å²) < 4.78 is 29.7. The Bertz CT molecular complexity index is 399. The van der Waals surface area contributed by atoms with Crippen molar-refractivity contribution in [2.75, 3.05) is 0 Å². The van der Waals surface area contributed by atoms with Gasteiger partial charge in [0.25, 0.3) is 10.1 Å². The molecule has 0 saturated carbocycles. The van der Waals surface area contributed by atoms with Gasteiger partial charge in [0.15, 0.2) is 0 Å². The minimum Gasteiger partial charge on any atom is -0.282 e. The van der Waals surface area contributed by atoms with Crippen molar-refractivity contribution in [2.45, 2.75) is 4.90 Å². The molecule has 1 aromatic carbocycles. The molecule has 0 heterocycles. The Morgan fingerprint density at radius 1 is 1.33 bits per heavy atom. The molecule has 6 heteroatoms. The predicted molar refractivity (Wildman–Crippen MR) is 45.1 cm³/mol. The van der Waals surface area contributed by atoms with Crippen LogP contribution in [0.4, 0.5) is 0 Å². The van der Waals surface area contributed by atoms with E-state index in [1.807, 2.05) is 0 Å². The first-order valence-electron chi connectivity index (χ1n) is 2.76. The fraction of sp³-hybridized carbons (Fsp3) is 0. The molecule has 3 nitrogen and oxygen atoms in total. The molecule has 1 rings (SSSR count). The van der Waals surface area contributed by atoms with Gasteiger partial charge >= 0.3 is 0 Å². The fourth-order valence-corrected chi connectivity index (χ4v) is 1.81. The summed E-state index contributed by atoms with van der Waals surface area (Å²) in [6.45, 7) is 0. The average Bonchev–Trinajstić information content (AvgIpc) is 1.83. The molecule has 1 radical (unpaired) electrons. The zero-order valence-electron chi connectivity index (χ0n) is 5.58. The molecule has 0 bridgehead atoms. The molecule has 0 aromatic heterocycles. The molecule has 0 aliphatic carbocycles. The van der Waals surface area contributed by atoms with E-state index in [-0.39, 0.29) is 10.0 Å². The summed E-state index contributed by atoms with van der Waals surface area (Å²) in [5.41, 5.74) is 0. The average molecular weight is 226 g/mol. The molecule has 0 aliphatic rings. The lowest BCUT2D eigenvalue weighted by Crippen LogP contribution is -1.98. The lowest BCUT2D eigenvalue weighted by molar-refractivity contribution is 0.483. The third-order valence-corrected chi connectivity index (χ3v) is 2.63. The summed E-state index contributed by atoms with van der Waals surface area (Å²) in [6.07, 6.45) is 0. The third kappa shape index (κ3) is 2.10. The van der Waals surface area contributed by atoms with Crippen molar-refractivity contribution in [2.24, 2.45) is 0 Å². The van der Waals surface area contributed by atoms with Gasteiger partial charge in [0.05, 0.1) is 10.0 Å². The highest BCUT2D eigenvalue weighted by Crippen LogP contribution is 2.23. The van der Waals surface area contributed by atoms with Gasteiger partial charge in [0.2, 0.25) is 0 Å². The largest absolute Gasteiger partial charge is 0.296 e. The molecule has 0 atom stereocenters. The Labute approximate surface area is 79.7 Å². The third-order valence-electron chi connectivity index (χ3n) is 1.10. The molecular formula is C6H3Cl2O3S. The second kappa shape index (κ2) is 3.22. The van der Waals surface area contributed by atoms with E-state index in [0.717, 1.165) is 6.07 Å². The van der Waals surface area contributed by atoms with Crippen molar-refractivity contribution in [1.82, 2.24) is 0 Å². The zero-order chi connectivity index (χ0) is 9.35. The number of hydrogen-bond donors (Lipinski definition) is 1. The van der Waals surface area contributed by atoms with E-state index < -0.39 is 15.0 Å². The quantitative estimate of drug-likeness (QED) is 0.745. The zero-order valence-corrected chi connectivity index (χ0v) is 7.91. The number of benzene rings is 1. The van der Waals surface area contributed by atoms with Crippen LogP contribution >= 0.6 is 23.2 Å². The van der Waals surface area contributed by atoms with Crippen LogP contribution in [0.25, 0.3) is 0 Å². The Hall–Kier alpha value is -0.290. The van der Waals surface area contributed by atoms with Crippen LogP contribution in [-0.2, 0) is 10.1 Å². The number of halogens is 2. The SMILES string of the molecule is O=S(=O)(O)c1ccc(Cl)[c]c1Cl. The number of hydrogen-bond acceptors (Lipinski definition) is 2. The molecule has 0 spiro atoms. The van der Waals surface area contributed by atoms with Crippen LogP contribution < -0.4 is 0 Å². The second-order valence-corrected chi connectivity index (χ2v) is 4.13. The van der Waals surface area contributed by atoms with Gasteiger partial charge in [-0.05, 0) is 12.1 Å². The summed E-state index contributed by atoms with van der Waals surface area (Å²) in [4.78, 5) is -0.395. The van der Waals surface area contributed by atoms with Crippen LogP contribution in [0.1, 0.15) is 0 Å². The van der Waals surface area contributed by atoms with Crippen molar-refractivity contribution in [3.8, 4) is 0 Å². The molecule has 0 unspecified atom stereocenters. The van der Waals surface area contributed by atoms with Crippen molar-refractivity contribution >= 4 is 33.3 Å². The maximum absolute atomic E-state index is 10.6. The molecule has 1 aromatic rings. The van der Waals surface area contributed by atoms with E-state index in [0.29, 0.717) is 0 Å². The highest BCUT2D eigenvalue weighted by molar-refractivity contribution is 7.86. The fourth-order valence-electron chi connectivity index (χ4n) is 0.629. The highest BCUT2D eigenvalue weighted by atomic mass is 35.5. The van der Waals surface area contributed by atoms with Gasteiger partial charge in [0, 0.05) is 6.07 Å². The maximum Gasteiger partial charge on any atom is 0.296 e. The van der Waals surface area contributed by atoms with Crippen LogP contribution in [0.5, 0.6) is 0 Å². The van der Waals surface area contributed by atoms with Crippen LogP contribution in [-0.4, -0.2) is 13.0 Å². The van der Waals surface area contributed by atoms with Crippen molar-refractivity contribution in [1.29, 1.82) is 0 Å². The Morgan fingerprint density at radius 3 is 2.33 bits per heavy atom. The lowest BCUT2D eigenvalue weighted by atomic mass is 10.4. The van der Waals surface area contributed by atoms with E-state index in [1.165, 1.54) is 6.07 Å². The van der Waals surface area contributed by atoms with Gasteiger partial charge < -0.3 is 0 Å².